The quantitative estimate of drug-likeness (QED) is 0.638. The molecule has 1 amide bonds. The molecule has 1 atom stereocenters. The molecule has 1 unspecified atom stereocenters. The van der Waals surface area contributed by atoms with Gasteiger partial charge in [0.05, 0.1) is 12.6 Å². The van der Waals surface area contributed by atoms with Gasteiger partial charge in [0.1, 0.15) is 0 Å². The Morgan fingerprint density at radius 1 is 1.33 bits per heavy atom. The van der Waals surface area contributed by atoms with Crippen molar-refractivity contribution in [1.29, 1.82) is 0 Å². The molecule has 1 aliphatic rings. The number of carbonyl (C=O) groups excluding carboxylic acids is 1. The summed E-state index contributed by atoms with van der Waals surface area (Å²) in [5.41, 5.74) is 12.6. The predicted molar refractivity (Wildman–Crippen MR) is 89.0 cm³/mol. The molecule has 1 heterocycles. The molecule has 1 fully saturated rings. The van der Waals surface area contributed by atoms with Gasteiger partial charge >= 0.3 is 0 Å². The number of hydrogen-bond acceptors (Lipinski definition) is 4. The van der Waals surface area contributed by atoms with Crippen molar-refractivity contribution in [2.75, 3.05) is 13.2 Å². The summed E-state index contributed by atoms with van der Waals surface area (Å²) in [5, 5.41) is 0.569. The second kappa shape index (κ2) is 8.92. The smallest absolute Gasteiger partial charge is 0.248 e. The molecule has 4 N–H and O–H groups in total. The molecule has 7 heteroatoms. The third-order valence-corrected chi connectivity index (χ3v) is 4.00. The monoisotopic (exact) mass is 329 g/mol. The second-order valence-corrected chi connectivity index (χ2v) is 5.66. The number of amides is 1. The molecule has 0 bridgehead atoms. The van der Waals surface area contributed by atoms with Gasteiger partial charge in [-0.3, -0.25) is 9.79 Å². The summed E-state index contributed by atoms with van der Waals surface area (Å²) >= 11 is 1.48. The zero-order valence-electron chi connectivity index (χ0n) is 11.7. The van der Waals surface area contributed by atoms with E-state index in [2.05, 4.69) is 4.99 Å². The van der Waals surface area contributed by atoms with Crippen LogP contribution in [0, 0.1) is 0 Å². The number of primary amides is 1. The number of rotatable bonds is 5. The van der Waals surface area contributed by atoms with Gasteiger partial charge in [-0.05, 0) is 30.5 Å². The van der Waals surface area contributed by atoms with E-state index in [0.29, 0.717) is 17.3 Å². The maximum absolute atomic E-state index is 11.0. The third kappa shape index (κ3) is 5.95. The molecule has 21 heavy (non-hydrogen) atoms. The Kier molecular flexibility index (Phi) is 7.56. The van der Waals surface area contributed by atoms with Crippen LogP contribution in [0.5, 0.6) is 0 Å². The van der Waals surface area contributed by atoms with Crippen LogP contribution in [0.15, 0.2) is 29.3 Å². The lowest BCUT2D eigenvalue weighted by atomic mass is 10.1. The van der Waals surface area contributed by atoms with Crippen LogP contribution in [-0.2, 0) is 10.5 Å². The summed E-state index contributed by atoms with van der Waals surface area (Å²) in [7, 11) is 0. The zero-order chi connectivity index (χ0) is 14.4. The van der Waals surface area contributed by atoms with Gasteiger partial charge in [-0.25, -0.2) is 0 Å². The summed E-state index contributed by atoms with van der Waals surface area (Å²) < 4.78 is 5.49. The predicted octanol–water partition coefficient (Wildman–Crippen LogP) is 1.93. The molecule has 0 radical (unpaired) electrons. The van der Waals surface area contributed by atoms with Gasteiger partial charge < -0.3 is 16.2 Å². The number of thioether (sulfide) groups is 1. The van der Waals surface area contributed by atoms with E-state index in [1.807, 2.05) is 12.1 Å². The van der Waals surface area contributed by atoms with E-state index in [1.165, 1.54) is 11.8 Å². The first-order valence-electron chi connectivity index (χ1n) is 6.58. The van der Waals surface area contributed by atoms with Crippen molar-refractivity contribution in [3.05, 3.63) is 35.4 Å². The van der Waals surface area contributed by atoms with Crippen LogP contribution in [0.4, 0.5) is 0 Å². The maximum atomic E-state index is 11.0. The molecular formula is C14H20ClN3O2S. The van der Waals surface area contributed by atoms with Crippen LogP contribution >= 0.6 is 24.2 Å². The fourth-order valence-corrected chi connectivity index (χ4v) is 2.62. The molecule has 1 saturated heterocycles. The summed E-state index contributed by atoms with van der Waals surface area (Å²) in [6.45, 7) is 1.47. The molecule has 0 saturated carbocycles. The Hall–Kier alpha value is -1.24. The van der Waals surface area contributed by atoms with Gasteiger partial charge in [0.25, 0.3) is 0 Å². The molecule has 1 aromatic rings. The number of nitrogens with two attached hydrogens (primary N) is 2. The van der Waals surface area contributed by atoms with Crippen molar-refractivity contribution in [2.24, 2.45) is 16.5 Å². The maximum Gasteiger partial charge on any atom is 0.248 e. The van der Waals surface area contributed by atoms with Crippen molar-refractivity contribution in [3.63, 3.8) is 0 Å². The highest BCUT2D eigenvalue weighted by Gasteiger charge is 2.14. The van der Waals surface area contributed by atoms with Gasteiger partial charge in [-0.2, -0.15) is 0 Å². The average molecular weight is 330 g/mol. The lowest BCUT2D eigenvalue weighted by molar-refractivity contribution is 0.1000. The van der Waals surface area contributed by atoms with E-state index < -0.39 is 5.91 Å². The van der Waals surface area contributed by atoms with Crippen molar-refractivity contribution >= 4 is 35.2 Å². The standard InChI is InChI=1S/C14H19N3O2S.ClH/c15-13(18)11-5-3-10(4-6-11)9-20-14(16)17-8-12-2-1-7-19-12;/h3-6,12H,1-2,7-9H2,(H2,15,18)(H2,16,17);1H. The number of halogens is 1. The Morgan fingerprint density at radius 2 is 2.05 bits per heavy atom. The van der Waals surface area contributed by atoms with Crippen LogP contribution < -0.4 is 11.5 Å². The molecule has 0 aromatic heterocycles. The van der Waals surface area contributed by atoms with Gasteiger partial charge in [-0.15, -0.1) is 12.4 Å². The number of carbonyl (C=O) groups is 1. The van der Waals surface area contributed by atoms with Crippen molar-refractivity contribution in [2.45, 2.75) is 24.7 Å². The Labute approximate surface area is 134 Å². The summed E-state index contributed by atoms with van der Waals surface area (Å²) in [6, 6.07) is 7.19. The Bertz CT molecular complexity index is 487. The number of ether oxygens (including phenoxy) is 1. The van der Waals surface area contributed by atoms with Gasteiger partial charge in [0.2, 0.25) is 5.91 Å². The average Bonchev–Trinajstić information content (AvgIpc) is 2.96. The minimum Gasteiger partial charge on any atom is -0.379 e. The Morgan fingerprint density at radius 3 is 2.62 bits per heavy atom. The molecule has 0 aliphatic carbocycles. The highest BCUT2D eigenvalue weighted by atomic mass is 35.5. The number of benzene rings is 1. The van der Waals surface area contributed by atoms with Gasteiger partial charge in [-0.1, -0.05) is 23.9 Å². The highest BCUT2D eigenvalue weighted by molar-refractivity contribution is 8.13. The topological polar surface area (TPSA) is 90.7 Å². The first kappa shape index (κ1) is 17.8. The normalized spacial score (nSPS) is 18.3. The van der Waals surface area contributed by atoms with E-state index in [4.69, 9.17) is 16.2 Å². The number of nitrogens with zero attached hydrogens (tertiary/aromatic N) is 1. The van der Waals surface area contributed by atoms with E-state index in [1.54, 1.807) is 12.1 Å². The van der Waals surface area contributed by atoms with Crippen LogP contribution in [0.1, 0.15) is 28.8 Å². The fraction of sp³-hybridized carbons (Fsp3) is 0.429. The molecular weight excluding hydrogens is 310 g/mol. The highest BCUT2D eigenvalue weighted by Crippen LogP contribution is 2.15. The van der Waals surface area contributed by atoms with Crippen molar-refractivity contribution in [3.8, 4) is 0 Å². The third-order valence-electron chi connectivity index (χ3n) is 3.10. The van der Waals surface area contributed by atoms with Crippen LogP contribution in [0.25, 0.3) is 0 Å². The molecule has 5 nitrogen and oxygen atoms in total. The van der Waals surface area contributed by atoms with E-state index in [-0.39, 0.29) is 18.5 Å². The minimum absolute atomic E-state index is 0. The Balaban J connectivity index is 0.00000220. The minimum atomic E-state index is -0.415. The van der Waals surface area contributed by atoms with Crippen LogP contribution in [0.3, 0.4) is 0 Å². The lowest BCUT2D eigenvalue weighted by Crippen LogP contribution is -2.14. The fourth-order valence-electron chi connectivity index (χ4n) is 1.95. The molecule has 2 rings (SSSR count). The van der Waals surface area contributed by atoms with Crippen LogP contribution in [-0.4, -0.2) is 30.3 Å². The van der Waals surface area contributed by atoms with E-state index >= 15 is 0 Å². The van der Waals surface area contributed by atoms with Crippen molar-refractivity contribution in [1.82, 2.24) is 0 Å². The zero-order valence-corrected chi connectivity index (χ0v) is 13.3. The van der Waals surface area contributed by atoms with Crippen molar-refractivity contribution < 1.29 is 9.53 Å². The van der Waals surface area contributed by atoms with Gasteiger partial charge in [0, 0.05) is 17.9 Å². The van der Waals surface area contributed by atoms with E-state index in [0.717, 1.165) is 30.8 Å². The first-order valence-corrected chi connectivity index (χ1v) is 7.57. The van der Waals surface area contributed by atoms with Gasteiger partial charge in [0.15, 0.2) is 5.17 Å². The summed E-state index contributed by atoms with van der Waals surface area (Å²) in [6.07, 6.45) is 2.40. The molecule has 0 spiro atoms. The second-order valence-electron chi connectivity index (χ2n) is 4.66. The summed E-state index contributed by atoms with van der Waals surface area (Å²) in [5.74, 6) is 0.307. The molecule has 116 valence electrons. The molecule has 1 aromatic carbocycles. The van der Waals surface area contributed by atoms with E-state index in [9.17, 15) is 4.79 Å². The lowest BCUT2D eigenvalue weighted by Gasteiger charge is -2.06. The first-order chi connectivity index (χ1) is 9.65. The largest absolute Gasteiger partial charge is 0.379 e. The SMILES string of the molecule is Cl.NC(=O)c1ccc(CSC(N)=NCC2CCCO2)cc1. The number of hydrogen-bond donors (Lipinski definition) is 2. The molecule has 1 aliphatic heterocycles. The number of amidine groups is 1. The summed E-state index contributed by atoms with van der Waals surface area (Å²) in [4.78, 5) is 15.3. The van der Waals surface area contributed by atoms with Crippen LogP contribution in [0.2, 0.25) is 0 Å². The number of aliphatic imine (C=N–C) groups is 1.